The van der Waals surface area contributed by atoms with E-state index in [1.165, 1.54) is 33.7 Å². The molecule has 0 aliphatic heterocycles. The lowest BCUT2D eigenvalue weighted by molar-refractivity contribution is 0.1000. The van der Waals surface area contributed by atoms with Crippen LogP contribution in [0.3, 0.4) is 0 Å². The molecule has 0 atom stereocenters. The predicted octanol–water partition coefficient (Wildman–Crippen LogP) is 0.273. The van der Waals surface area contributed by atoms with E-state index in [9.17, 15) is 13.2 Å². The number of hydrazine groups is 1. The van der Waals surface area contributed by atoms with Crippen LogP contribution < -0.4 is 5.73 Å². The topological polar surface area (TPSA) is 83.7 Å². The standard InChI is InChI=1S/C11H17N3O3S/c1-4-14(13(2)3)18(16,17)10-7-5-9(6-8-10)11(12)15/h5-8H,4H2,1-3H3,(H2,12,15). The van der Waals surface area contributed by atoms with Gasteiger partial charge in [-0.25, -0.2) is 13.4 Å². The third kappa shape index (κ3) is 2.87. The van der Waals surface area contributed by atoms with Crippen molar-refractivity contribution in [3.8, 4) is 0 Å². The SMILES string of the molecule is CCN(N(C)C)S(=O)(=O)c1ccc(C(N)=O)cc1. The molecule has 6 nitrogen and oxygen atoms in total. The molecule has 0 fully saturated rings. The van der Waals surface area contributed by atoms with Crippen LogP contribution in [0.15, 0.2) is 29.2 Å². The molecule has 0 bridgehead atoms. The fraction of sp³-hybridized carbons (Fsp3) is 0.364. The van der Waals surface area contributed by atoms with Crippen LogP contribution in [-0.4, -0.2) is 44.4 Å². The number of nitrogens with two attached hydrogens (primary N) is 1. The van der Waals surface area contributed by atoms with E-state index in [-0.39, 0.29) is 10.5 Å². The average molecular weight is 271 g/mol. The van der Waals surface area contributed by atoms with Gasteiger partial charge in [-0.1, -0.05) is 0 Å². The second-order valence-corrected chi connectivity index (χ2v) is 5.72. The van der Waals surface area contributed by atoms with Crippen molar-refractivity contribution < 1.29 is 13.2 Å². The number of benzene rings is 1. The lowest BCUT2D eigenvalue weighted by Crippen LogP contribution is -2.41. The van der Waals surface area contributed by atoms with Crippen molar-refractivity contribution in [2.45, 2.75) is 11.8 Å². The van der Waals surface area contributed by atoms with Crippen molar-refractivity contribution in [1.29, 1.82) is 0 Å². The first-order chi connectivity index (χ1) is 8.30. The van der Waals surface area contributed by atoms with Crippen molar-refractivity contribution in [2.24, 2.45) is 5.73 Å². The Hall–Kier alpha value is -1.44. The number of hydrogen-bond acceptors (Lipinski definition) is 4. The Morgan fingerprint density at radius 1 is 1.22 bits per heavy atom. The van der Waals surface area contributed by atoms with Crippen LogP contribution in [0.4, 0.5) is 0 Å². The molecule has 0 aliphatic rings. The normalized spacial score (nSPS) is 12.1. The Morgan fingerprint density at radius 2 is 1.72 bits per heavy atom. The van der Waals surface area contributed by atoms with Crippen LogP contribution in [0.5, 0.6) is 0 Å². The van der Waals surface area contributed by atoms with Gasteiger partial charge in [0.1, 0.15) is 0 Å². The summed E-state index contributed by atoms with van der Waals surface area (Å²) in [5.74, 6) is -0.584. The molecule has 1 aromatic carbocycles. The zero-order chi connectivity index (χ0) is 13.9. The van der Waals surface area contributed by atoms with Gasteiger partial charge in [-0.05, 0) is 31.2 Å². The summed E-state index contributed by atoms with van der Waals surface area (Å²) < 4.78 is 25.7. The Morgan fingerprint density at radius 3 is 2.06 bits per heavy atom. The van der Waals surface area contributed by atoms with Gasteiger partial charge in [-0.3, -0.25) is 4.79 Å². The monoisotopic (exact) mass is 271 g/mol. The van der Waals surface area contributed by atoms with Gasteiger partial charge in [0.15, 0.2) is 0 Å². The first-order valence-electron chi connectivity index (χ1n) is 5.40. The van der Waals surface area contributed by atoms with Crippen molar-refractivity contribution in [1.82, 2.24) is 9.42 Å². The molecule has 0 radical (unpaired) electrons. The maximum atomic E-state index is 12.3. The van der Waals surface area contributed by atoms with E-state index >= 15 is 0 Å². The highest BCUT2D eigenvalue weighted by Crippen LogP contribution is 2.16. The molecule has 0 heterocycles. The van der Waals surface area contributed by atoms with Crippen LogP contribution in [0.2, 0.25) is 0 Å². The molecule has 0 saturated heterocycles. The van der Waals surface area contributed by atoms with E-state index in [1.807, 2.05) is 0 Å². The second-order valence-electron chi connectivity index (χ2n) is 3.88. The minimum Gasteiger partial charge on any atom is -0.366 e. The summed E-state index contributed by atoms with van der Waals surface area (Å²) in [5, 5.41) is 1.50. The van der Waals surface area contributed by atoms with Gasteiger partial charge >= 0.3 is 0 Å². The second kappa shape index (κ2) is 5.47. The highest BCUT2D eigenvalue weighted by Gasteiger charge is 2.24. The molecule has 100 valence electrons. The Labute approximate surface area is 107 Å². The van der Waals surface area contributed by atoms with Crippen molar-refractivity contribution in [3.63, 3.8) is 0 Å². The summed E-state index contributed by atoms with van der Waals surface area (Å²) in [5.41, 5.74) is 5.38. The first kappa shape index (κ1) is 14.6. The molecule has 0 saturated carbocycles. The minimum absolute atomic E-state index is 0.128. The molecule has 0 aromatic heterocycles. The lowest BCUT2D eigenvalue weighted by atomic mass is 10.2. The Bertz CT molecular complexity index is 523. The predicted molar refractivity (Wildman–Crippen MR) is 68.2 cm³/mol. The number of carbonyl (C=O) groups excluding carboxylic acids is 1. The fourth-order valence-electron chi connectivity index (χ4n) is 1.58. The lowest BCUT2D eigenvalue weighted by Gasteiger charge is -2.26. The summed E-state index contributed by atoms with van der Waals surface area (Å²) in [6.45, 7) is 2.07. The van der Waals surface area contributed by atoms with Crippen LogP contribution in [0.25, 0.3) is 0 Å². The summed E-state index contributed by atoms with van der Waals surface area (Å²) >= 11 is 0. The number of hydrogen-bond donors (Lipinski definition) is 1. The molecular weight excluding hydrogens is 254 g/mol. The third-order valence-electron chi connectivity index (χ3n) is 2.43. The molecule has 0 aliphatic carbocycles. The molecule has 2 N–H and O–H groups in total. The summed E-state index contributed by atoms with van der Waals surface area (Å²) in [4.78, 5) is 11.0. The van der Waals surface area contributed by atoms with Crippen molar-refractivity contribution >= 4 is 15.9 Å². The van der Waals surface area contributed by atoms with Gasteiger partial charge in [0.05, 0.1) is 4.90 Å². The maximum Gasteiger partial charge on any atom is 0.255 e. The molecule has 0 spiro atoms. The minimum atomic E-state index is -3.59. The summed E-state index contributed by atoms with van der Waals surface area (Å²) in [6, 6.07) is 5.56. The summed E-state index contributed by atoms with van der Waals surface area (Å²) in [7, 11) is -0.282. The Balaban J connectivity index is 3.16. The number of amides is 1. The van der Waals surface area contributed by atoms with Crippen LogP contribution in [-0.2, 0) is 10.0 Å². The smallest absolute Gasteiger partial charge is 0.255 e. The highest BCUT2D eigenvalue weighted by molar-refractivity contribution is 7.89. The van der Waals surface area contributed by atoms with Crippen LogP contribution >= 0.6 is 0 Å². The van der Waals surface area contributed by atoms with E-state index in [0.29, 0.717) is 6.54 Å². The zero-order valence-corrected chi connectivity index (χ0v) is 11.4. The fourth-order valence-corrected chi connectivity index (χ4v) is 3.07. The largest absolute Gasteiger partial charge is 0.366 e. The highest BCUT2D eigenvalue weighted by atomic mass is 32.2. The van der Waals surface area contributed by atoms with Gasteiger partial charge in [0, 0.05) is 26.2 Å². The molecule has 1 amide bonds. The Kier molecular flexibility index (Phi) is 4.44. The van der Waals surface area contributed by atoms with E-state index in [4.69, 9.17) is 5.73 Å². The zero-order valence-electron chi connectivity index (χ0n) is 10.6. The molecule has 18 heavy (non-hydrogen) atoms. The van der Waals surface area contributed by atoms with E-state index in [2.05, 4.69) is 0 Å². The number of primary amides is 1. The van der Waals surface area contributed by atoms with Gasteiger partial charge in [0.25, 0.3) is 10.0 Å². The molecule has 7 heteroatoms. The van der Waals surface area contributed by atoms with E-state index < -0.39 is 15.9 Å². The molecular formula is C11H17N3O3S. The van der Waals surface area contributed by atoms with Crippen LogP contribution in [0.1, 0.15) is 17.3 Å². The van der Waals surface area contributed by atoms with Gasteiger partial charge in [0.2, 0.25) is 5.91 Å². The van der Waals surface area contributed by atoms with Gasteiger partial charge in [-0.2, -0.15) is 0 Å². The van der Waals surface area contributed by atoms with Crippen molar-refractivity contribution in [3.05, 3.63) is 29.8 Å². The number of nitrogens with zero attached hydrogens (tertiary/aromatic N) is 2. The van der Waals surface area contributed by atoms with Gasteiger partial charge < -0.3 is 5.73 Å². The molecule has 0 unspecified atom stereocenters. The first-order valence-corrected chi connectivity index (χ1v) is 6.84. The quantitative estimate of drug-likeness (QED) is 0.779. The summed E-state index contributed by atoms with van der Waals surface area (Å²) in [6.07, 6.45) is 0. The maximum absolute atomic E-state index is 12.3. The number of rotatable bonds is 5. The number of carbonyl (C=O) groups is 1. The van der Waals surface area contributed by atoms with Gasteiger partial charge in [-0.15, -0.1) is 4.41 Å². The average Bonchev–Trinajstić information content (AvgIpc) is 2.29. The van der Waals surface area contributed by atoms with Crippen molar-refractivity contribution in [2.75, 3.05) is 20.6 Å². The van der Waals surface area contributed by atoms with Crippen LogP contribution in [0, 0.1) is 0 Å². The molecule has 1 rings (SSSR count). The number of sulfonamides is 1. The van der Waals surface area contributed by atoms with E-state index in [1.54, 1.807) is 21.0 Å². The van der Waals surface area contributed by atoms with E-state index in [0.717, 1.165) is 0 Å². The third-order valence-corrected chi connectivity index (χ3v) is 4.44. The molecule has 1 aromatic rings.